The summed E-state index contributed by atoms with van der Waals surface area (Å²) in [5.41, 5.74) is 0.843. The van der Waals surface area contributed by atoms with Crippen LogP contribution in [0.4, 0.5) is 0 Å². The molecule has 0 amide bonds. The molecule has 19 heavy (non-hydrogen) atoms. The fourth-order valence-electron chi connectivity index (χ4n) is 6.37. The number of hydrogen-bond acceptors (Lipinski definition) is 2. The zero-order valence-electron chi connectivity index (χ0n) is 11.9. The van der Waals surface area contributed by atoms with Gasteiger partial charge in [-0.2, -0.15) is 0 Å². The van der Waals surface area contributed by atoms with Crippen molar-refractivity contribution in [2.45, 2.75) is 52.4 Å². The molecule has 0 radical (unpaired) electrons. The maximum Gasteiger partial charge on any atom is 0.178 e. The summed E-state index contributed by atoms with van der Waals surface area (Å²) in [6.45, 7) is 4.87. The minimum atomic E-state index is -0.0201. The molecule has 1 aromatic rings. The van der Waals surface area contributed by atoms with Crippen LogP contribution in [-0.2, 0) is 0 Å². The van der Waals surface area contributed by atoms with E-state index in [0.717, 1.165) is 30.1 Å². The summed E-state index contributed by atoms with van der Waals surface area (Å²) >= 11 is 1.63. The summed E-state index contributed by atoms with van der Waals surface area (Å²) in [5, 5.41) is 2.04. The van der Waals surface area contributed by atoms with Gasteiger partial charge in [-0.3, -0.25) is 4.79 Å². The molecule has 1 heterocycles. The normalized spacial score (nSPS) is 47.6. The third-order valence-corrected chi connectivity index (χ3v) is 6.72. The van der Waals surface area contributed by atoms with E-state index in [-0.39, 0.29) is 5.41 Å². The van der Waals surface area contributed by atoms with E-state index in [9.17, 15) is 4.79 Å². The van der Waals surface area contributed by atoms with Crippen molar-refractivity contribution in [1.82, 2.24) is 0 Å². The second kappa shape index (κ2) is 3.52. The van der Waals surface area contributed by atoms with Crippen molar-refractivity contribution < 1.29 is 4.79 Å². The topological polar surface area (TPSA) is 17.1 Å². The van der Waals surface area contributed by atoms with Gasteiger partial charge in [0, 0.05) is 5.41 Å². The highest BCUT2D eigenvalue weighted by Crippen LogP contribution is 2.70. The van der Waals surface area contributed by atoms with Crippen molar-refractivity contribution in [1.29, 1.82) is 0 Å². The van der Waals surface area contributed by atoms with Crippen LogP contribution >= 0.6 is 11.3 Å². The standard InChI is InChI=1S/C17H22OS/c1-15-6-12-7-16(2,9-15)11-17(8-12,10-15)14(18)13-4-3-5-19-13/h3-5,12H,6-11H2,1-2H3. The molecule has 1 nitrogen and oxygen atoms in total. The van der Waals surface area contributed by atoms with Crippen LogP contribution in [0.5, 0.6) is 0 Å². The molecule has 4 aliphatic rings. The van der Waals surface area contributed by atoms with E-state index >= 15 is 0 Å². The number of Topliss-reactive ketones (excluding diaryl/α,β-unsaturated/α-hetero) is 1. The Balaban J connectivity index is 1.77. The Labute approximate surface area is 119 Å². The fraction of sp³-hybridized carbons (Fsp3) is 0.706. The van der Waals surface area contributed by atoms with Crippen LogP contribution in [-0.4, -0.2) is 5.78 Å². The van der Waals surface area contributed by atoms with Gasteiger partial charge in [0.05, 0.1) is 4.88 Å². The van der Waals surface area contributed by atoms with Crippen LogP contribution in [0.25, 0.3) is 0 Å². The predicted octanol–water partition coefficient (Wildman–Crippen LogP) is 4.93. The van der Waals surface area contributed by atoms with Gasteiger partial charge in [0.2, 0.25) is 0 Å². The monoisotopic (exact) mass is 274 g/mol. The number of hydrogen-bond donors (Lipinski definition) is 0. The number of thiophene rings is 1. The maximum absolute atomic E-state index is 13.1. The lowest BCUT2D eigenvalue weighted by molar-refractivity contribution is -0.125. The van der Waals surface area contributed by atoms with Gasteiger partial charge in [0.25, 0.3) is 0 Å². The number of rotatable bonds is 2. The highest BCUT2D eigenvalue weighted by molar-refractivity contribution is 7.12. The van der Waals surface area contributed by atoms with Crippen LogP contribution in [0.1, 0.15) is 62.0 Å². The zero-order valence-corrected chi connectivity index (χ0v) is 12.7. The number of ketones is 1. The number of carbonyl (C=O) groups is 1. The van der Waals surface area contributed by atoms with Gasteiger partial charge < -0.3 is 0 Å². The summed E-state index contributed by atoms with van der Waals surface area (Å²) in [4.78, 5) is 14.0. The first-order valence-corrected chi connectivity index (χ1v) is 8.39. The van der Waals surface area contributed by atoms with Gasteiger partial charge >= 0.3 is 0 Å². The van der Waals surface area contributed by atoms with E-state index in [2.05, 4.69) is 13.8 Å². The minimum Gasteiger partial charge on any atom is -0.293 e. The van der Waals surface area contributed by atoms with Gasteiger partial charge in [-0.25, -0.2) is 0 Å². The van der Waals surface area contributed by atoms with E-state index in [1.54, 1.807) is 11.3 Å². The third kappa shape index (κ3) is 1.68. The van der Waals surface area contributed by atoms with Crippen molar-refractivity contribution in [2.75, 3.05) is 0 Å². The molecule has 4 bridgehead atoms. The third-order valence-electron chi connectivity index (χ3n) is 5.85. The van der Waals surface area contributed by atoms with Crippen molar-refractivity contribution in [3.63, 3.8) is 0 Å². The molecule has 4 aliphatic carbocycles. The summed E-state index contributed by atoms with van der Waals surface area (Å²) in [6.07, 6.45) is 7.51. The Hall–Kier alpha value is -0.630. The van der Waals surface area contributed by atoms with Crippen LogP contribution in [0.15, 0.2) is 17.5 Å². The second-order valence-corrected chi connectivity index (χ2v) is 9.16. The van der Waals surface area contributed by atoms with Gasteiger partial charge in [-0.15, -0.1) is 11.3 Å². The zero-order chi connectivity index (χ0) is 13.3. The molecular weight excluding hydrogens is 252 g/mol. The van der Waals surface area contributed by atoms with Crippen molar-refractivity contribution in [2.24, 2.45) is 22.2 Å². The molecule has 4 fully saturated rings. The SMILES string of the molecule is CC12CC3CC(C)(C1)CC(C(=O)c1cccs1)(C3)C2. The Bertz CT molecular complexity index is 511. The first-order valence-electron chi connectivity index (χ1n) is 7.51. The predicted molar refractivity (Wildman–Crippen MR) is 78.5 cm³/mol. The van der Waals surface area contributed by atoms with E-state index < -0.39 is 0 Å². The molecule has 0 aromatic carbocycles. The van der Waals surface area contributed by atoms with Gasteiger partial charge in [0.1, 0.15) is 0 Å². The summed E-state index contributed by atoms with van der Waals surface area (Å²) in [7, 11) is 0. The van der Waals surface area contributed by atoms with Gasteiger partial charge in [-0.1, -0.05) is 19.9 Å². The maximum atomic E-state index is 13.1. The molecule has 0 N–H and O–H groups in total. The molecule has 102 valence electrons. The lowest BCUT2D eigenvalue weighted by Gasteiger charge is -2.64. The molecule has 2 atom stereocenters. The van der Waals surface area contributed by atoms with E-state index in [0.29, 0.717) is 16.6 Å². The molecule has 5 rings (SSSR count). The van der Waals surface area contributed by atoms with Gasteiger partial charge in [0.15, 0.2) is 5.78 Å². The molecule has 4 saturated carbocycles. The van der Waals surface area contributed by atoms with E-state index in [1.165, 1.54) is 19.3 Å². The first-order chi connectivity index (χ1) is 8.92. The summed E-state index contributed by atoms with van der Waals surface area (Å²) in [5.74, 6) is 1.26. The molecule has 1 aromatic heterocycles. The van der Waals surface area contributed by atoms with Crippen molar-refractivity contribution in [3.8, 4) is 0 Å². The van der Waals surface area contributed by atoms with E-state index in [4.69, 9.17) is 0 Å². The minimum absolute atomic E-state index is 0.0201. The smallest absolute Gasteiger partial charge is 0.178 e. The van der Waals surface area contributed by atoms with Crippen LogP contribution in [0, 0.1) is 22.2 Å². The molecular formula is C17H22OS. The molecule has 0 spiro atoms. The first kappa shape index (κ1) is 12.1. The molecule has 2 unspecified atom stereocenters. The van der Waals surface area contributed by atoms with E-state index in [1.807, 2.05) is 17.5 Å². The highest BCUT2D eigenvalue weighted by atomic mass is 32.1. The summed E-state index contributed by atoms with van der Waals surface area (Å²) in [6, 6.07) is 4.04. The average Bonchev–Trinajstić information content (AvgIpc) is 2.75. The fourth-order valence-corrected chi connectivity index (χ4v) is 7.15. The summed E-state index contributed by atoms with van der Waals surface area (Å²) < 4.78 is 0. The average molecular weight is 274 g/mol. The number of carbonyl (C=O) groups excluding carboxylic acids is 1. The van der Waals surface area contributed by atoms with Crippen molar-refractivity contribution in [3.05, 3.63) is 22.4 Å². The van der Waals surface area contributed by atoms with Crippen LogP contribution in [0.3, 0.4) is 0 Å². The van der Waals surface area contributed by atoms with Crippen molar-refractivity contribution >= 4 is 17.1 Å². The lowest BCUT2D eigenvalue weighted by Crippen LogP contribution is -2.57. The Morgan fingerprint density at radius 1 is 1.16 bits per heavy atom. The van der Waals surface area contributed by atoms with Crippen LogP contribution in [0.2, 0.25) is 0 Å². The van der Waals surface area contributed by atoms with Gasteiger partial charge in [-0.05, 0) is 66.7 Å². The largest absolute Gasteiger partial charge is 0.293 e. The second-order valence-electron chi connectivity index (χ2n) is 8.22. The Kier molecular flexibility index (Phi) is 2.25. The molecule has 0 aliphatic heterocycles. The molecule has 0 saturated heterocycles. The Morgan fingerprint density at radius 3 is 2.37 bits per heavy atom. The lowest BCUT2D eigenvalue weighted by atomic mass is 9.39. The van der Waals surface area contributed by atoms with Crippen LogP contribution < -0.4 is 0 Å². The Morgan fingerprint density at radius 2 is 1.84 bits per heavy atom. The molecule has 2 heteroatoms. The highest BCUT2D eigenvalue weighted by Gasteiger charge is 2.62. The quantitative estimate of drug-likeness (QED) is 0.699.